The molecule has 1 aromatic rings. The molecule has 0 fully saturated rings. The van der Waals surface area contributed by atoms with E-state index in [0.29, 0.717) is 6.61 Å². The lowest BCUT2D eigenvalue weighted by Crippen LogP contribution is -2.07. The summed E-state index contributed by atoms with van der Waals surface area (Å²) in [7, 11) is 1.25. The minimum absolute atomic E-state index is 0.0282. The normalized spacial score (nSPS) is 11.3. The van der Waals surface area contributed by atoms with Crippen LogP contribution in [-0.2, 0) is 13.8 Å². The van der Waals surface area contributed by atoms with Crippen LogP contribution in [-0.4, -0.2) is 21.0 Å². The molecule has 0 aliphatic carbocycles. The fourth-order valence-corrected chi connectivity index (χ4v) is 3.09. The van der Waals surface area contributed by atoms with Crippen molar-refractivity contribution in [1.82, 2.24) is 0 Å². The minimum Gasteiger partial charge on any atom is -0.462 e. The number of esters is 1. The third-order valence-electron chi connectivity index (χ3n) is 2.66. The van der Waals surface area contributed by atoms with E-state index in [-0.39, 0.29) is 15.5 Å². The molecule has 0 N–H and O–H groups in total. The highest BCUT2D eigenvalue weighted by Gasteiger charge is 2.18. The quantitative estimate of drug-likeness (QED) is 0.428. The largest absolute Gasteiger partial charge is 0.462 e. The topological polar surface area (TPSA) is 60.4 Å². The molecule has 0 unspecified atom stereocenters. The molecule has 0 saturated heterocycles. The third kappa shape index (κ3) is 5.31. The Morgan fingerprint density at radius 2 is 1.95 bits per heavy atom. The molecule has 7 heteroatoms. The molecular weight excluding hydrogens is 323 g/mol. The van der Waals surface area contributed by atoms with Crippen LogP contribution in [0.1, 0.15) is 43.0 Å². The van der Waals surface area contributed by atoms with Crippen molar-refractivity contribution in [2.75, 3.05) is 6.61 Å². The van der Waals surface area contributed by atoms with E-state index in [9.17, 15) is 13.2 Å². The van der Waals surface area contributed by atoms with Crippen LogP contribution < -0.4 is 0 Å². The molecular formula is C13H16Cl2O4S. The smallest absolute Gasteiger partial charge is 0.338 e. The van der Waals surface area contributed by atoms with Gasteiger partial charge in [0.05, 0.1) is 17.2 Å². The van der Waals surface area contributed by atoms with E-state index < -0.39 is 15.0 Å². The second-order valence-electron chi connectivity index (χ2n) is 4.28. The van der Waals surface area contributed by atoms with Crippen molar-refractivity contribution in [1.29, 1.82) is 0 Å². The third-order valence-corrected chi connectivity index (χ3v) is 4.46. The first-order valence-electron chi connectivity index (χ1n) is 6.27. The first-order valence-corrected chi connectivity index (χ1v) is 8.96. The van der Waals surface area contributed by atoms with E-state index in [1.165, 1.54) is 12.1 Å². The van der Waals surface area contributed by atoms with Crippen molar-refractivity contribution in [3.63, 3.8) is 0 Å². The fraction of sp³-hybridized carbons (Fsp3) is 0.462. The van der Waals surface area contributed by atoms with E-state index in [1.54, 1.807) is 0 Å². The van der Waals surface area contributed by atoms with Gasteiger partial charge in [-0.05, 0) is 24.6 Å². The molecule has 0 aliphatic heterocycles. The molecule has 0 spiro atoms. The maximum absolute atomic E-state index is 11.8. The van der Waals surface area contributed by atoms with Crippen molar-refractivity contribution in [2.24, 2.45) is 0 Å². The van der Waals surface area contributed by atoms with Crippen LogP contribution in [0.4, 0.5) is 0 Å². The Balaban J connectivity index is 2.70. The van der Waals surface area contributed by atoms with E-state index in [1.807, 2.05) is 0 Å². The van der Waals surface area contributed by atoms with Gasteiger partial charge in [-0.2, -0.15) is 0 Å². The van der Waals surface area contributed by atoms with E-state index in [4.69, 9.17) is 27.0 Å². The monoisotopic (exact) mass is 338 g/mol. The van der Waals surface area contributed by atoms with E-state index in [0.717, 1.165) is 31.7 Å². The summed E-state index contributed by atoms with van der Waals surface area (Å²) < 4.78 is 27.6. The van der Waals surface area contributed by atoms with Crippen LogP contribution in [0.15, 0.2) is 23.1 Å². The Morgan fingerprint density at radius 3 is 2.55 bits per heavy atom. The zero-order chi connectivity index (χ0) is 15.2. The van der Waals surface area contributed by atoms with Gasteiger partial charge in [-0.3, -0.25) is 0 Å². The van der Waals surface area contributed by atoms with Gasteiger partial charge in [-0.25, -0.2) is 13.2 Å². The van der Waals surface area contributed by atoms with Crippen molar-refractivity contribution in [3.05, 3.63) is 28.8 Å². The van der Waals surface area contributed by atoms with Crippen LogP contribution in [0.2, 0.25) is 5.02 Å². The Bertz CT molecular complexity index is 570. The van der Waals surface area contributed by atoms with Crippen molar-refractivity contribution < 1.29 is 17.9 Å². The predicted molar refractivity (Wildman–Crippen MR) is 78.9 cm³/mol. The molecule has 1 aromatic carbocycles. The van der Waals surface area contributed by atoms with Crippen LogP contribution in [0.25, 0.3) is 0 Å². The number of carbonyl (C=O) groups is 1. The Morgan fingerprint density at radius 1 is 1.25 bits per heavy atom. The average Bonchev–Trinajstić information content (AvgIpc) is 2.37. The molecule has 112 valence electrons. The first kappa shape index (κ1) is 17.3. The molecule has 1 rings (SSSR count). The zero-order valence-corrected chi connectivity index (χ0v) is 13.4. The van der Waals surface area contributed by atoms with E-state index >= 15 is 0 Å². The number of unbranched alkanes of at least 4 members (excludes halogenated alkanes) is 3. The molecule has 0 atom stereocenters. The Labute approximate surface area is 128 Å². The number of carbonyl (C=O) groups excluding carboxylic acids is 1. The maximum Gasteiger partial charge on any atom is 0.338 e. The number of benzene rings is 1. The van der Waals surface area contributed by atoms with Crippen molar-refractivity contribution >= 4 is 37.3 Å². The lowest BCUT2D eigenvalue weighted by molar-refractivity contribution is 0.0497. The first-order chi connectivity index (χ1) is 9.36. The number of hydrogen-bond acceptors (Lipinski definition) is 4. The number of ether oxygens (including phenoxy) is 1. The summed E-state index contributed by atoms with van der Waals surface area (Å²) in [5.74, 6) is -0.584. The van der Waals surface area contributed by atoms with Gasteiger partial charge in [0.1, 0.15) is 4.90 Å². The van der Waals surface area contributed by atoms with Gasteiger partial charge in [0, 0.05) is 10.7 Å². The summed E-state index contributed by atoms with van der Waals surface area (Å²) >= 11 is 5.73. The predicted octanol–water partition coefficient (Wildman–Crippen LogP) is 4.00. The van der Waals surface area contributed by atoms with Crippen molar-refractivity contribution in [2.45, 2.75) is 37.5 Å². The molecule has 0 bridgehead atoms. The van der Waals surface area contributed by atoms with Gasteiger partial charge in [0.2, 0.25) is 0 Å². The molecule has 0 heterocycles. The molecule has 0 saturated carbocycles. The number of halogens is 2. The second-order valence-corrected chi connectivity index (χ2v) is 7.22. The standard InChI is InChI=1S/C13H16Cl2O4S/c1-2-3-4-5-8-19-13(16)10-6-7-11(14)12(9-10)20(15,17)18/h6-7,9H,2-5,8H2,1H3. The molecule has 0 radical (unpaired) electrons. The SMILES string of the molecule is CCCCCCOC(=O)c1ccc(Cl)c(S(=O)(=O)Cl)c1. The Hall–Kier alpha value is -0.780. The summed E-state index contributed by atoms with van der Waals surface area (Å²) in [5.41, 5.74) is 0.115. The summed E-state index contributed by atoms with van der Waals surface area (Å²) in [4.78, 5) is 11.5. The molecule has 20 heavy (non-hydrogen) atoms. The summed E-state index contributed by atoms with van der Waals surface area (Å²) in [6, 6.07) is 3.84. The lowest BCUT2D eigenvalue weighted by atomic mass is 10.2. The van der Waals surface area contributed by atoms with Gasteiger partial charge in [-0.15, -0.1) is 0 Å². The highest BCUT2D eigenvalue weighted by Crippen LogP contribution is 2.26. The van der Waals surface area contributed by atoms with Crippen LogP contribution >= 0.6 is 22.3 Å². The molecule has 0 aromatic heterocycles. The Kier molecular flexibility index (Phi) is 6.79. The zero-order valence-electron chi connectivity index (χ0n) is 11.1. The molecule has 0 amide bonds. The van der Waals surface area contributed by atoms with Gasteiger partial charge in [0.25, 0.3) is 9.05 Å². The highest BCUT2D eigenvalue weighted by atomic mass is 35.7. The maximum atomic E-state index is 11.8. The summed E-state index contributed by atoms with van der Waals surface area (Å²) in [6.07, 6.45) is 3.97. The summed E-state index contributed by atoms with van der Waals surface area (Å²) in [5, 5.41) is -0.0282. The van der Waals surface area contributed by atoms with Gasteiger partial charge >= 0.3 is 5.97 Å². The number of rotatable bonds is 7. The van der Waals surface area contributed by atoms with Gasteiger partial charge in [0.15, 0.2) is 0 Å². The van der Waals surface area contributed by atoms with Crippen LogP contribution in [0.3, 0.4) is 0 Å². The minimum atomic E-state index is -3.99. The molecule has 4 nitrogen and oxygen atoms in total. The second kappa shape index (κ2) is 7.86. The highest BCUT2D eigenvalue weighted by molar-refractivity contribution is 8.13. The molecule has 0 aliphatic rings. The average molecular weight is 339 g/mol. The van der Waals surface area contributed by atoms with Crippen LogP contribution in [0, 0.1) is 0 Å². The van der Waals surface area contributed by atoms with Crippen LogP contribution in [0.5, 0.6) is 0 Å². The lowest BCUT2D eigenvalue weighted by Gasteiger charge is -2.06. The van der Waals surface area contributed by atoms with Crippen molar-refractivity contribution in [3.8, 4) is 0 Å². The summed E-state index contributed by atoms with van der Waals surface area (Å²) in [6.45, 7) is 2.40. The van der Waals surface area contributed by atoms with E-state index in [2.05, 4.69) is 6.92 Å². The fourth-order valence-electron chi connectivity index (χ4n) is 1.59. The van der Waals surface area contributed by atoms with Gasteiger partial charge < -0.3 is 4.74 Å². The number of hydrogen-bond donors (Lipinski definition) is 0. The van der Waals surface area contributed by atoms with Gasteiger partial charge in [-0.1, -0.05) is 37.8 Å².